The molecular formula is C32H36N4O8S. The normalized spacial score (nSPS) is 10.7. The summed E-state index contributed by atoms with van der Waals surface area (Å²) in [6, 6.07) is 9.97. The van der Waals surface area contributed by atoms with Gasteiger partial charge >= 0.3 is 11.9 Å². The number of nitrogens with two attached hydrogens (primary N) is 1. The first-order valence-corrected chi connectivity index (χ1v) is 16.0. The number of ether oxygens (including phenoxy) is 2. The standard InChI is InChI=1S/C32H36N4O8S/c1-22-15-16-44-29(22)32(40)35-26-10-8-9-23(19-26)13-14-24-20-25(21-34-30(24)33)31(39)36-45(41,17-6-4-11-27(37)42-2)18-7-5-12-28(38)43-3/h8-10,15-16,19-21H,4-7,11-12,17-18H2,1-3H3,(H2,33,34)(H,35,40). The van der Waals surface area contributed by atoms with Gasteiger partial charge in [0.25, 0.3) is 11.8 Å². The SMILES string of the molecule is COC(=O)CCCCS(=O)(CCCCC(=O)OC)=NC(=O)c1cnc(N)c(C#Cc2cccc(NC(=O)c3occc3C)c2)c1. The van der Waals surface area contributed by atoms with E-state index in [1.54, 1.807) is 37.3 Å². The van der Waals surface area contributed by atoms with Gasteiger partial charge in [-0.1, -0.05) is 17.9 Å². The van der Waals surface area contributed by atoms with Crippen LogP contribution in [0.5, 0.6) is 0 Å². The molecular weight excluding hydrogens is 600 g/mol. The molecule has 0 atom stereocenters. The Morgan fingerprint density at radius 1 is 0.978 bits per heavy atom. The van der Waals surface area contributed by atoms with E-state index in [0.717, 1.165) is 0 Å². The fourth-order valence-electron chi connectivity index (χ4n) is 4.09. The molecule has 0 spiro atoms. The first kappa shape index (κ1) is 34.5. The highest BCUT2D eigenvalue weighted by Gasteiger charge is 2.17. The van der Waals surface area contributed by atoms with Crippen molar-refractivity contribution in [1.82, 2.24) is 4.98 Å². The molecule has 0 bridgehead atoms. The molecule has 238 valence electrons. The minimum Gasteiger partial charge on any atom is -0.469 e. The molecule has 0 fully saturated rings. The number of benzene rings is 1. The number of unbranched alkanes of at least 4 members (excludes halogenated alkanes) is 2. The van der Waals surface area contributed by atoms with Crippen LogP contribution in [0.4, 0.5) is 11.5 Å². The van der Waals surface area contributed by atoms with E-state index >= 15 is 0 Å². The Bertz CT molecular complexity index is 1700. The van der Waals surface area contributed by atoms with Gasteiger partial charge < -0.3 is 24.9 Å². The number of methoxy groups -OCH3 is 2. The Morgan fingerprint density at radius 2 is 1.64 bits per heavy atom. The van der Waals surface area contributed by atoms with Crippen molar-refractivity contribution in [3.05, 3.63) is 76.9 Å². The quantitative estimate of drug-likeness (QED) is 0.154. The number of carbonyl (C=O) groups is 4. The Labute approximate surface area is 262 Å². The molecule has 45 heavy (non-hydrogen) atoms. The minimum absolute atomic E-state index is 0.0557. The van der Waals surface area contributed by atoms with Crippen molar-refractivity contribution in [2.24, 2.45) is 4.36 Å². The topological polar surface area (TPSA) is 180 Å². The molecule has 2 heterocycles. The number of rotatable bonds is 13. The summed E-state index contributed by atoms with van der Waals surface area (Å²) in [5.74, 6) is 4.44. The second-order valence-electron chi connectivity index (χ2n) is 10.0. The van der Waals surface area contributed by atoms with Gasteiger partial charge in [0.1, 0.15) is 5.82 Å². The molecule has 12 nitrogen and oxygen atoms in total. The third kappa shape index (κ3) is 10.9. The highest BCUT2D eigenvalue weighted by Crippen LogP contribution is 2.17. The van der Waals surface area contributed by atoms with Crippen molar-refractivity contribution < 1.29 is 37.3 Å². The molecule has 0 aliphatic heterocycles. The Kier molecular flexibility index (Phi) is 12.9. The van der Waals surface area contributed by atoms with Crippen LogP contribution in [0.3, 0.4) is 0 Å². The van der Waals surface area contributed by atoms with Crippen LogP contribution in [0.25, 0.3) is 0 Å². The van der Waals surface area contributed by atoms with E-state index in [4.69, 9.17) is 10.2 Å². The van der Waals surface area contributed by atoms with E-state index in [-0.39, 0.29) is 59.0 Å². The maximum Gasteiger partial charge on any atom is 0.305 e. The molecule has 0 aliphatic carbocycles. The van der Waals surface area contributed by atoms with Gasteiger partial charge in [0.05, 0.1) is 41.3 Å². The summed E-state index contributed by atoms with van der Waals surface area (Å²) in [6.07, 6.45) is 4.62. The van der Waals surface area contributed by atoms with Gasteiger partial charge in [-0.25, -0.2) is 9.19 Å². The lowest BCUT2D eigenvalue weighted by atomic mass is 10.1. The number of esters is 2. The molecule has 3 N–H and O–H groups in total. The number of amides is 2. The number of nitrogen functional groups attached to an aromatic ring is 1. The monoisotopic (exact) mass is 636 g/mol. The molecule has 13 heteroatoms. The number of furan rings is 1. The van der Waals surface area contributed by atoms with E-state index in [1.165, 1.54) is 32.7 Å². The van der Waals surface area contributed by atoms with Crippen molar-refractivity contribution in [2.45, 2.75) is 45.4 Å². The van der Waals surface area contributed by atoms with E-state index in [1.807, 2.05) is 0 Å². The molecule has 0 saturated carbocycles. The molecule has 0 saturated heterocycles. The number of carbonyl (C=O) groups excluding carboxylic acids is 4. The van der Waals surface area contributed by atoms with Gasteiger partial charge in [-0.2, -0.15) is 4.36 Å². The van der Waals surface area contributed by atoms with Crippen molar-refractivity contribution in [3.63, 3.8) is 0 Å². The zero-order chi connectivity index (χ0) is 32.8. The van der Waals surface area contributed by atoms with Crippen LogP contribution in [0, 0.1) is 18.8 Å². The number of aromatic nitrogens is 1. The first-order valence-electron chi connectivity index (χ1n) is 14.2. The zero-order valence-corrected chi connectivity index (χ0v) is 26.2. The highest BCUT2D eigenvalue weighted by atomic mass is 32.2. The fraction of sp³-hybridized carbons (Fsp3) is 0.344. The number of anilines is 2. The molecule has 0 aliphatic rings. The van der Waals surface area contributed by atoms with Crippen LogP contribution >= 0.6 is 0 Å². The molecule has 1 aromatic carbocycles. The molecule has 2 amide bonds. The average molecular weight is 637 g/mol. The summed E-state index contributed by atoms with van der Waals surface area (Å²) >= 11 is 0. The number of hydrogen-bond donors (Lipinski definition) is 2. The van der Waals surface area contributed by atoms with Crippen LogP contribution in [0.2, 0.25) is 0 Å². The van der Waals surface area contributed by atoms with Crippen molar-refractivity contribution >= 4 is 45.0 Å². The van der Waals surface area contributed by atoms with Gasteiger partial charge in [0, 0.05) is 47.4 Å². The lowest BCUT2D eigenvalue weighted by molar-refractivity contribution is -0.141. The molecule has 2 aromatic heterocycles. The summed E-state index contributed by atoms with van der Waals surface area (Å²) in [5.41, 5.74) is 8.12. The van der Waals surface area contributed by atoms with Crippen molar-refractivity contribution in [3.8, 4) is 11.8 Å². The van der Waals surface area contributed by atoms with Crippen LogP contribution in [-0.2, 0) is 28.8 Å². The van der Waals surface area contributed by atoms with Crippen molar-refractivity contribution in [2.75, 3.05) is 36.8 Å². The summed E-state index contributed by atoms with van der Waals surface area (Å²) in [4.78, 5) is 52.7. The van der Waals surface area contributed by atoms with Crippen molar-refractivity contribution in [1.29, 1.82) is 0 Å². The minimum atomic E-state index is -3.02. The average Bonchev–Trinajstić information content (AvgIpc) is 3.46. The van der Waals surface area contributed by atoms with Gasteiger partial charge in [-0.3, -0.25) is 19.2 Å². The largest absolute Gasteiger partial charge is 0.469 e. The third-order valence-electron chi connectivity index (χ3n) is 6.59. The van der Waals surface area contributed by atoms with Gasteiger partial charge in [-0.05, 0) is 62.9 Å². The van der Waals surface area contributed by atoms with Gasteiger partial charge in [-0.15, -0.1) is 0 Å². The second-order valence-corrected chi connectivity index (χ2v) is 12.6. The number of nitrogens with zero attached hydrogens (tertiary/aromatic N) is 2. The zero-order valence-electron chi connectivity index (χ0n) is 25.4. The van der Waals surface area contributed by atoms with Crippen LogP contribution in [0.1, 0.15) is 76.1 Å². The third-order valence-corrected chi connectivity index (χ3v) is 8.94. The number of hydrogen-bond acceptors (Lipinski definition) is 10. The van der Waals surface area contributed by atoms with Gasteiger partial charge in [0.15, 0.2) is 5.76 Å². The van der Waals surface area contributed by atoms with Crippen LogP contribution < -0.4 is 11.1 Å². The van der Waals surface area contributed by atoms with Crippen LogP contribution in [-0.4, -0.2) is 58.7 Å². The van der Waals surface area contributed by atoms with E-state index in [9.17, 15) is 23.4 Å². The Morgan fingerprint density at radius 3 is 2.24 bits per heavy atom. The molecule has 0 unspecified atom stereocenters. The lowest BCUT2D eigenvalue weighted by Gasteiger charge is -2.10. The summed E-state index contributed by atoms with van der Waals surface area (Å²) in [6.45, 7) is 1.77. The second kappa shape index (κ2) is 16.8. The van der Waals surface area contributed by atoms with E-state index < -0.39 is 21.5 Å². The summed E-state index contributed by atoms with van der Waals surface area (Å²) < 4.78 is 32.3. The van der Waals surface area contributed by atoms with E-state index in [0.29, 0.717) is 42.5 Å². The number of pyridine rings is 1. The molecule has 3 rings (SSSR count). The predicted octanol–water partition coefficient (Wildman–Crippen LogP) is 4.51. The molecule has 3 aromatic rings. The highest BCUT2D eigenvalue weighted by molar-refractivity contribution is 7.93. The lowest BCUT2D eigenvalue weighted by Crippen LogP contribution is -2.15. The predicted molar refractivity (Wildman–Crippen MR) is 169 cm³/mol. The summed E-state index contributed by atoms with van der Waals surface area (Å²) in [5, 5.41) is 2.77. The Balaban J connectivity index is 1.78. The first-order chi connectivity index (χ1) is 21.5. The maximum absolute atomic E-state index is 13.7. The maximum atomic E-state index is 13.7. The number of nitrogens with one attached hydrogen (secondary N) is 1. The Hall–Kier alpha value is -4.96. The summed E-state index contributed by atoms with van der Waals surface area (Å²) in [7, 11) is -0.437. The number of aryl methyl sites for hydroxylation is 1. The van der Waals surface area contributed by atoms with Gasteiger partial charge in [0.2, 0.25) is 0 Å². The molecule has 0 radical (unpaired) electrons. The van der Waals surface area contributed by atoms with E-state index in [2.05, 4.69) is 36.0 Å². The van der Waals surface area contributed by atoms with Crippen LogP contribution in [0.15, 0.2) is 57.6 Å². The smallest absolute Gasteiger partial charge is 0.305 e. The fourth-order valence-corrected chi connectivity index (χ4v) is 6.20.